The van der Waals surface area contributed by atoms with Gasteiger partial charge < -0.3 is 9.88 Å². The van der Waals surface area contributed by atoms with Gasteiger partial charge in [0.05, 0.1) is 0 Å². The average molecular weight is 280 g/mol. The lowest BCUT2D eigenvalue weighted by atomic mass is 9.91. The van der Waals surface area contributed by atoms with Crippen LogP contribution in [0.1, 0.15) is 48.2 Å². The van der Waals surface area contributed by atoms with Crippen molar-refractivity contribution in [3.63, 3.8) is 0 Å². The van der Waals surface area contributed by atoms with E-state index in [1.54, 1.807) is 6.20 Å². The highest BCUT2D eigenvalue weighted by Gasteiger charge is 2.21. The molecule has 1 aliphatic carbocycles. The van der Waals surface area contributed by atoms with E-state index < -0.39 is 0 Å². The molecule has 0 amide bonds. The number of nitrogens with zero attached hydrogens (tertiary/aromatic N) is 3. The van der Waals surface area contributed by atoms with Gasteiger partial charge in [-0.1, -0.05) is 13.0 Å². The molecule has 0 radical (unpaired) electrons. The fourth-order valence-electron chi connectivity index (χ4n) is 3.16. The zero-order valence-corrected chi connectivity index (χ0v) is 12.3. The number of nitrogens with one attached hydrogen (secondary N) is 1. The van der Waals surface area contributed by atoms with Crippen molar-refractivity contribution in [3.8, 4) is 6.07 Å². The maximum Gasteiger partial charge on any atom is 0.145 e. The summed E-state index contributed by atoms with van der Waals surface area (Å²) in [6.07, 6.45) is 9.74. The van der Waals surface area contributed by atoms with Crippen LogP contribution in [0.4, 0.5) is 0 Å². The van der Waals surface area contributed by atoms with E-state index in [4.69, 9.17) is 5.26 Å². The second-order valence-electron chi connectivity index (χ2n) is 5.54. The van der Waals surface area contributed by atoms with Gasteiger partial charge >= 0.3 is 0 Å². The molecule has 0 aromatic carbocycles. The van der Waals surface area contributed by atoms with Gasteiger partial charge in [0.15, 0.2) is 0 Å². The molecule has 0 bridgehead atoms. The third kappa shape index (κ3) is 2.84. The van der Waals surface area contributed by atoms with Gasteiger partial charge in [0.1, 0.15) is 11.8 Å². The van der Waals surface area contributed by atoms with Crippen LogP contribution in [0, 0.1) is 11.3 Å². The van der Waals surface area contributed by atoms with Gasteiger partial charge in [0.25, 0.3) is 0 Å². The van der Waals surface area contributed by atoms with E-state index in [0.717, 1.165) is 18.5 Å². The molecule has 0 saturated carbocycles. The summed E-state index contributed by atoms with van der Waals surface area (Å²) >= 11 is 0. The first kappa shape index (κ1) is 13.8. The van der Waals surface area contributed by atoms with Crippen molar-refractivity contribution in [1.82, 2.24) is 14.9 Å². The van der Waals surface area contributed by atoms with E-state index in [-0.39, 0.29) is 0 Å². The molecule has 0 fully saturated rings. The van der Waals surface area contributed by atoms with Crippen LogP contribution >= 0.6 is 0 Å². The van der Waals surface area contributed by atoms with E-state index in [2.05, 4.69) is 40.3 Å². The summed E-state index contributed by atoms with van der Waals surface area (Å²) in [5, 5.41) is 12.7. The molecule has 0 spiro atoms. The fourth-order valence-corrected chi connectivity index (χ4v) is 3.16. The van der Waals surface area contributed by atoms with Crippen molar-refractivity contribution in [2.24, 2.45) is 0 Å². The Balaban J connectivity index is 1.86. The molecule has 21 heavy (non-hydrogen) atoms. The highest BCUT2D eigenvalue weighted by molar-refractivity contribution is 5.34. The van der Waals surface area contributed by atoms with Crippen molar-refractivity contribution in [2.45, 2.75) is 38.8 Å². The van der Waals surface area contributed by atoms with E-state index in [1.807, 2.05) is 12.1 Å². The number of pyridine rings is 1. The monoisotopic (exact) mass is 280 g/mol. The fraction of sp³-hybridized carbons (Fsp3) is 0.412. The minimum atomic E-state index is 0.476. The van der Waals surface area contributed by atoms with E-state index >= 15 is 0 Å². The number of nitriles is 1. The van der Waals surface area contributed by atoms with Crippen molar-refractivity contribution in [3.05, 3.63) is 53.1 Å². The summed E-state index contributed by atoms with van der Waals surface area (Å²) < 4.78 is 2.19. The first-order valence-electron chi connectivity index (χ1n) is 7.57. The second kappa shape index (κ2) is 6.11. The Kier molecular flexibility index (Phi) is 4.03. The molecule has 1 aliphatic rings. The van der Waals surface area contributed by atoms with Gasteiger partial charge in [-0.15, -0.1) is 0 Å². The summed E-state index contributed by atoms with van der Waals surface area (Å²) in [7, 11) is 0. The zero-order chi connectivity index (χ0) is 14.7. The largest absolute Gasteiger partial charge is 0.349 e. The predicted molar refractivity (Wildman–Crippen MR) is 81.8 cm³/mol. The molecule has 2 aromatic heterocycles. The SMILES string of the molecule is CCNC1CCCc2cn(Cc3cccnc3C#N)cc21. The molecule has 1 atom stereocenters. The molecule has 0 saturated heterocycles. The number of rotatable bonds is 4. The Bertz CT molecular complexity index is 666. The van der Waals surface area contributed by atoms with Crippen molar-refractivity contribution >= 4 is 0 Å². The van der Waals surface area contributed by atoms with Gasteiger partial charge in [-0.25, -0.2) is 4.98 Å². The van der Waals surface area contributed by atoms with E-state index in [9.17, 15) is 0 Å². The summed E-state index contributed by atoms with van der Waals surface area (Å²) in [4.78, 5) is 4.13. The molecule has 1 unspecified atom stereocenters. The molecule has 1 N–H and O–H groups in total. The van der Waals surface area contributed by atoms with E-state index in [0.29, 0.717) is 18.3 Å². The van der Waals surface area contributed by atoms with Gasteiger partial charge in [-0.2, -0.15) is 5.26 Å². The quantitative estimate of drug-likeness (QED) is 0.937. The average Bonchev–Trinajstić information content (AvgIpc) is 2.92. The minimum absolute atomic E-state index is 0.476. The van der Waals surface area contributed by atoms with Crippen molar-refractivity contribution in [1.29, 1.82) is 5.26 Å². The highest BCUT2D eigenvalue weighted by atomic mass is 15.0. The molecular formula is C17H20N4. The summed E-state index contributed by atoms with van der Waals surface area (Å²) in [5.74, 6) is 0. The molecule has 2 aromatic rings. The third-order valence-electron chi connectivity index (χ3n) is 4.11. The number of aryl methyl sites for hydroxylation is 1. The van der Waals surface area contributed by atoms with Crippen LogP contribution in [0.25, 0.3) is 0 Å². The third-order valence-corrected chi connectivity index (χ3v) is 4.11. The first-order chi connectivity index (χ1) is 10.3. The van der Waals surface area contributed by atoms with Crippen LogP contribution in [0.5, 0.6) is 0 Å². The lowest BCUT2D eigenvalue weighted by Gasteiger charge is -2.22. The summed E-state index contributed by atoms with van der Waals surface area (Å²) in [6, 6.07) is 6.51. The molecule has 4 nitrogen and oxygen atoms in total. The second-order valence-corrected chi connectivity index (χ2v) is 5.54. The maximum absolute atomic E-state index is 9.14. The van der Waals surface area contributed by atoms with E-state index in [1.165, 1.54) is 24.0 Å². The van der Waals surface area contributed by atoms with Crippen LogP contribution in [0.15, 0.2) is 30.7 Å². The molecule has 108 valence electrons. The Hall–Kier alpha value is -2.12. The topological polar surface area (TPSA) is 53.6 Å². The lowest BCUT2D eigenvalue weighted by Crippen LogP contribution is -2.23. The standard InChI is InChI=1S/C17H20N4/c1-2-19-16-7-3-5-13-10-21(12-15(13)16)11-14-6-4-8-20-17(14)9-18/h4,6,8,10,12,16,19H,2-3,5,7,11H2,1H3. The summed E-state index contributed by atoms with van der Waals surface area (Å²) in [5.41, 5.74) is 4.36. The number of fused-ring (bicyclic) bond motifs is 1. The molecular weight excluding hydrogens is 260 g/mol. The lowest BCUT2D eigenvalue weighted by molar-refractivity contribution is 0.473. The highest BCUT2D eigenvalue weighted by Crippen LogP contribution is 2.30. The van der Waals surface area contributed by atoms with Crippen LogP contribution in [-0.2, 0) is 13.0 Å². The number of hydrogen-bond acceptors (Lipinski definition) is 3. The molecule has 0 aliphatic heterocycles. The zero-order valence-electron chi connectivity index (χ0n) is 12.3. The van der Waals surface area contributed by atoms with Crippen molar-refractivity contribution < 1.29 is 0 Å². The molecule has 2 heterocycles. The number of aromatic nitrogens is 2. The van der Waals surface area contributed by atoms with Crippen LogP contribution in [-0.4, -0.2) is 16.1 Å². The molecule has 3 rings (SSSR count). The minimum Gasteiger partial charge on any atom is -0.349 e. The van der Waals surface area contributed by atoms with Gasteiger partial charge in [-0.05, 0) is 43.0 Å². The first-order valence-corrected chi connectivity index (χ1v) is 7.57. The summed E-state index contributed by atoms with van der Waals surface area (Å²) in [6.45, 7) is 3.86. The maximum atomic E-state index is 9.14. The van der Waals surface area contributed by atoms with Crippen molar-refractivity contribution in [2.75, 3.05) is 6.54 Å². The van der Waals surface area contributed by atoms with Crippen LogP contribution in [0.3, 0.4) is 0 Å². The molecule has 4 heteroatoms. The smallest absolute Gasteiger partial charge is 0.145 e. The number of hydrogen-bond donors (Lipinski definition) is 1. The van der Waals surface area contributed by atoms with Gasteiger partial charge in [0, 0.05) is 36.7 Å². The Morgan fingerprint density at radius 3 is 3.19 bits per heavy atom. The predicted octanol–water partition coefficient (Wildman–Crippen LogP) is 2.79. The Morgan fingerprint density at radius 2 is 2.38 bits per heavy atom. The van der Waals surface area contributed by atoms with Gasteiger partial charge in [0.2, 0.25) is 0 Å². The van der Waals surface area contributed by atoms with Gasteiger partial charge in [-0.3, -0.25) is 0 Å². The van der Waals surface area contributed by atoms with Crippen LogP contribution in [0.2, 0.25) is 0 Å². The Morgan fingerprint density at radius 1 is 1.48 bits per heavy atom. The Labute approximate surface area is 125 Å². The van der Waals surface area contributed by atoms with Crippen LogP contribution < -0.4 is 5.32 Å². The normalized spacial score (nSPS) is 17.2.